The molecule has 0 saturated heterocycles. The van der Waals surface area contributed by atoms with Gasteiger partial charge < -0.3 is 28.8 Å². The van der Waals surface area contributed by atoms with E-state index in [0.717, 1.165) is 10.4 Å². The molecule has 0 unspecified atom stereocenters. The first-order chi connectivity index (χ1) is 15.8. The molecular formula is C24H34BrNO6. The van der Waals surface area contributed by atoms with Crippen molar-refractivity contribution < 1.29 is 28.8 Å². The van der Waals surface area contributed by atoms with E-state index in [0.29, 0.717) is 59.0 Å². The molecule has 1 fully saturated rings. The highest BCUT2D eigenvalue weighted by Crippen LogP contribution is 2.24. The van der Waals surface area contributed by atoms with Crippen molar-refractivity contribution in [1.29, 1.82) is 0 Å². The number of ether oxygens (including phenoxy) is 5. The topological polar surface area (TPSA) is 79.3 Å². The first-order valence-electron chi connectivity index (χ1n) is 11.0. The number of hydrogen-bond acceptors (Lipinski definition) is 7. The summed E-state index contributed by atoms with van der Waals surface area (Å²) in [4.78, 5) is 4.13. The van der Waals surface area contributed by atoms with Crippen molar-refractivity contribution in [1.82, 2.24) is 4.98 Å². The van der Waals surface area contributed by atoms with Crippen LogP contribution in [0.4, 0.5) is 0 Å². The van der Waals surface area contributed by atoms with Crippen molar-refractivity contribution in [2.45, 2.75) is 32.0 Å². The van der Waals surface area contributed by atoms with E-state index < -0.39 is 0 Å². The fraction of sp³-hybridized carbons (Fsp3) is 0.542. The molecule has 1 aromatic heterocycles. The highest BCUT2D eigenvalue weighted by atomic mass is 79.9. The first kappa shape index (κ1) is 26.7. The van der Waals surface area contributed by atoms with Gasteiger partial charge in [0.15, 0.2) is 0 Å². The van der Waals surface area contributed by atoms with Gasteiger partial charge in [-0.05, 0) is 46.8 Å². The van der Waals surface area contributed by atoms with E-state index in [2.05, 4.69) is 20.9 Å². The summed E-state index contributed by atoms with van der Waals surface area (Å²) in [6.45, 7) is 4.28. The van der Waals surface area contributed by atoms with Gasteiger partial charge in [-0.1, -0.05) is 30.3 Å². The van der Waals surface area contributed by atoms with Gasteiger partial charge in [0.1, 0.15) is 6.10 Å². The van der Waals surface area contributed by atoms with E-state index in [1.165, 1.54) is 24.8 Å². The molecule has 1 heterocycles. The van der Waals surface area contributed by atoms with Gasteiger partial charge in [0.05, 0.1) is 59.5 Å². The number of aliphatic hydroxyl groups excluding tert-OH is 1. The predicted molar refractivity (Wildman–Crippen MR) is 126 cm³/mol. The maximum absolute atomic E-state index is 8.48. The smallest absolute Gasteiger partial charge is 0.213 e. The molecule has 0 spiro atoms. The minimum atomic E-state index is 0.0477. The summed E-state index contributed by atoms with van der Waals surface area (Å²) >= 11 is 3.32. The fourth-order valence-electron chi connectivity index (χ4n) is 2.58. The summed E-state index contributed by atoms with van der Waals surface area (Å²) in [5.74, 6) is 0.739. The van der Waals surface area contributed by atoms with Crippen LogP contribution in [0.15, 0.2) is 53.1 Å². The predicted octanol–water partition coefficient (Wildman–Crippen LogP) is 4.02. The van der Waals surface area contributed by atoms with Crippen LogP contribution in [-0.4, -0.2) is 69.0 Å². The van der Waals surface area contributed by atoms with Crippen LogP contribution in [-0.2, 0) is 25.6 Å². The van der Waals surface area contributed by atoms with Crippen LogP contribution >= 0.6 is 15.9 Å². The summed E-state index contributed by atoms with van der Waals surface area (Å²) in [6.07, 6.45) is 5.82. The van der Waals surface area contributed by atoms with Crippen molar-refractivity contribution >= 4 is 15.9 Å². The molecule has 0 atom stereocenters. The van der Waals surface area contributed by atoms with Crippen LogP contribution < -0.4 is 4.74 Å². The zero-order valence-electron chi connectivity index (χ0n) is 18.5. The number of pyridine rings is 1. The van der Waals surface area contributed by atoms with Gasteiger partial charge in [0.2, 0.25) is 5.88 Å². The van der Waals surface area contributed by atoms with Crippen molar-refractivity contribution in [3.05, 3.63) is 58.7 Å². The molecule has 1 aromatic carbocycles. The number of nitrogens with zero attached hydrogens (tertiary/aromatic N) is 1. The molecule has 0 aliphatic heterocycles. The first-order valence-corrected chi connectivity index (χ1v) is 11.8. The lowest BCUT2D eigenvalue weighted by Gasteiger charge is -2.25. The number of benzene rings is 1. The van der Waals surface area contributed by atoms with Gasteiger partial charge in [-0.25, -0.2) is 4.98 Å². The maximum atomic E-state index is 8.48. The second kappa shape index (κ2) is 17.9. The molecular weight excluding hydrogens is 478 g/mol. The van der Waals surface area contributed by atoms with E-state index in [-0.39, 0.29) is 6.61 Å². The van der Waals surface area contributed by atoms with Crippen molar-refractivity contribution in [3.63, 3.8) is 0 Å². The monoisotopic (exact) mass is 511 g/mol. The number of halogens is 1. The number of rotatable bonds is 15. The standard InChI is InChI=1S/C15H24O5.C9H10BrNO/c16-6-7-17-8-9-18-10-11-19-12-13-20-14-15-4-2-1-3-5-15;10-7-4-5-9(11-6-7)12-8-2-1-3-8/h1-5,16H,6-14H2;4-6,8H,1-3H2. The quantitative estimate of drug-likeness (QED) is 0.361. The fourth-order valence-corrected chi connectivity index (χ4v) is 2.81. The van der Waals surface area contributed by atoms with E-state index in [1.54, 1.807) is 6.20 Å². The highest BCUT2D eigenvalue weighted by molar-refractivity contribution is 9.10. The van der Waals surface area contributed by atoms with Gasteiger partial charge in [-0.2, -0.15) is 0 Å². The molecule has 1 aliphatic rings. The van der Waals surface area contributed by atoms with Gasteiger partial charge in [0, 0.05) is 16.7 Å². The minimum absolute atomic E-state index is 0.0477. The average Bonchev–Trinajstić information content (AvgIpc) is 2.79. The Labute approximate surface area is 199 Å². The molecule has 32 heavy (non-hydrogen) atoms. The Balaban J connectivity index is 0.000000255. The van der Waals surface area contributed by atoms with Crippen LogP contribution in [0.1, 0.15) is 24.8 Å². The summed E-state index contributed by atoms with van der Waals surface area (Å²) in [5.41, 5.74) is 1.17. The van der Waals surface area contributed by atoms with E-state index in [9.17, 15) is 0 Å². The Morgan fingerprint density at radius 2 is 1.44 bits per heavy atom. The largest absolute Gasteiger partial charge is 0.474 e. The van der Waals surface area contributed by atoms with Crippen molar-refractivity contribution in [2.24, 2.45) is 0 Å². The van der Waals surface area contributed by atoms with Crippen LogP contribution in [0.25, 0.3) is 0 Å². The van der Waals surface area contributed by atoms with Gasteiger partial charge in [-0.15, -0.1) is 0 Å². The lowest BCUT2D eigenvalue weighted by Crippen LogP contribution is -2.24. The Morgan fingerprint density at radius 1 is 0.812 bits per heavy atom. The summed E-state index contributed by atoms with van der Waals surface area (Å²) < 4.78 is 27.7. The third-order valence-corrected chi connectivity index (χ3v) is 4.97. The normalized spacial score (nSPS) is 13.2. The maximum Gasteiger partial charge on any atom is 0.213 e. The number of aromatic nitrogens is 1. The van der Waals surface area contributed by atoms with E-state index >= 15 is 0 Å². The summed E-state index contributed by atoms with van der Waals surface area (Å²) in [5, 5.41) is 8.48. The number of aliphatic hydroxyl groups is 1. The van der Waals surface area contributed by atoms with Gasteiger partial charge >= 0.3 is 0 Å². The molecule has 7 nitrogen and oxygen atoms in total. The Kier molecular flexibility index (Phi) is 15.0. The van der Waals surface area contributed by atoms with E-state index in [4.69, 9.17) is 28.8 Å². The average molecular weight is 512 g/mol. The number of hydrogen-bond donors (Lipinski definition) is 1. The molecule has 8 heteroatoms. The second-order valence-corrected chi connectivity index (χ2v) is 8.00. The molecule has 1 aliphatic carbocycles. The molecule has 0 radical (unpaired) electrons. The third kappa shape index (κ3) is 13.1. The molecule has 178 valence electrons. The van der Waals surface area contributed by atoms with Crippen LogP contribution in [0.2, 0.25) is 0 Å². The molecule has 0 bridgehead atoms. The molecule has 2 aromatic rings. The lowest BCUT2D eigenvalue weighted by atomic mass is 9.96. The molecule has 1 N–H and O–H groups in total. The molecule has 3 rings (SSSR count). The Bertz CT molecular complexity index is 685. The summed E-state index contributed by atoms with van der Waals surface area (Å²) in [6, 6.07) is 13.9. The zero-order valence-corrected chi connectivity index (χ0v) is 20.1. The van der Waals surface area contributed by atoms with Crippen molar-refractivity contribution in [2.75, 3.05) is 52.9 Å². The molecule has 0 amide bonds. The summed E-state index contributed by atoms with van der Waals surface area (Å²) in [7, 11) is 0. The van der Waals surface area contributed by atoms with Crippen LogP contribution in [0, 0.1) is 0 Å². The third-order valence-electron chi connectivity index (χ3n) is 4.50. The zero-order chi connectivity index (χ0) is 22.7. The van der Waals surface area contributed by atoms with Crippen molar-refractivity contribution in [3.8, 4) is 5.88 Å². The highest BCUT2D eigenvalue weighted by Gasteiger charge is 2.19. The van der Waals surface area contributed by atoms with Gasteiger partial charge in [-0.3, -0.25) is 0 Å². The van der Waals surface area contributed by atoms with E-state index in [1.807, 2.05) is 42.5 Å². The lowest BCUT2D eigenvalue weighted by molar-refractivity contribution is -0.00743. The molecule has 1 saturated carbocycles. The second-order valence-electron chi connectivity index (χ2n) is 7.08. The minimum Gasteiger partial charge on any atom is -0.474 e. The Hall–Kier alpha value is -1.55. The van der Waals surface area contributed by atoms with Crippen LogP contribution in [0.3, 0.4) is 0 Å². The van der Waals surface area contributed by atoms with Crippen LogP contribution in [0.5, 0.6) is 5.88 Å². The SMILES string of the molecule is Brc1ccc(OC2CCC2)nc1.OCCOCCOCCOCCOCc1ccccc1. The Morgan fingerprint density at radius 3 is 1.97 bits per heavy atom. The van der Waals surface area contributed by atoms with Gasteiger partial charge in [0.25, 0.3) is 0 Å².